The van der Waals surface area contributed by atoms with Crippen LogP contribution in [0.4, 0.5) is 5.69 Å². The average Bonchev–Trinajstić information content (AvgIpc) is 2.39. The zero-order valence-electron chi connectivity index (χ0n) is 10.0. The monoisotopic (exact) mass is 227 g/mol. The highest BCUT2D eigenvalue weighted by atomic mass is 16.5. The summed E-state index contributed by atoms with van der Waals surface area (Å²) < 4.78 is 5.88. The molecule has 0 N–H and O–H groups in total. The SMILES string of the molecule is C1=Cc2cc3c4c(c2OC1)CCCN4CCC3. The number of hydrogen-bond donors (Lipinski definition) is 0. The predicted octanol–water partition coefficient (Wildman–Crippen LogP) is 2.79. The van der Waals surface area contributed by atoms with Crippen molar-refractivity contribution < 1.29 is 4.74 Å². The van der Waals surface area contributed by atoms with Gasteiger partial charge in [0.15, 0.2) is 0 Å². The van der Waals surface area contributed by atoms with E-state index < -0.39 is 0 Å². The highest BCUT2D eigenvalue weighted by Crippen LogP contribution is 2.43. The Labute approximate surface area is 102 Å². The quantitative estimate of drug-likeness (QED) is 0.675. The molecule has 88 valence electrons. The fourth-order valence-electron chi connectivity index (χ4n) is 3.46. The predicted molar refractivity (Wildman–Crippen MR) is 69.8 cm³/mol. The maximum absolute atomic E-state index is 5.88. The molecule has 0 atom stereocenters. The molecule has 3 aliphatic rings. The lowest BCUT2D eigenvalue weighted by Gasteiger charge is -2.38. The summed E-state index contributed by atoms with van der Waals surface area (Å²) in [4.78, 5) is 2.57. The Morgan fingerprint density at radius 3 is 2.94 bits per heavy atom. The molecule has 0 bridgehead atoms. The Kier molecular flexibility index (Phi) is 1.99. The molecule has 3 heterocycles. The minimum absolute atomic E-state index is 0.735. The van der Waals surface area contributed by atoms with Crippen molar-refractivity contribution in [1.82, 2.24) is 0 Å². The van der Waals surface area contributed by atoms with Gasteiger partial charge in [0.2, 0.25) is 0 Å². The molecule has 0 aromatic heterocycles. The van der Waals surface area contributed by atoms with Gasteiger partial charge in [0, 0.05) is 29.9 Å². The maximum Gasteiger partial charge on any atom is 0.132 e. The molecule has 0 spiro atoms. The molecule has 1 aromatic rings. The molecule has 0 radical (unpaired) electrons. The number of aryl methyl sites for hydroxylation is 1. The largest absolute Gasteiger partial charge is 0.489 e. The molecular weight excluding hydrogens is 210 g/mol. The van der Waals surface area contributed by atoms with E-state index in [0.29, 0.717) is 0 Å². The number of fused-ring (bicyclic) bond motifs is 2. The second-order valence-electron chi connectivity index (χ2n) is 5.19. The first-order valence-electron chi connectivity index (χ1n) is 6.66. The first-order valence-corrected chi connectivity index (χ1v) is 6.66. The Bertz CT molecular complexity index is 502. The highest BCUT2D eigenvalue weighted by molar-refractivity contribution is 5.75. The van der Waals surface area contributed by atoms with E-state index in [0.717, 1.165) is 12.4 Å². The van der Waals surface area contributed by atoms with Crippen LogP contribution in [0, 0.1) is 0 Å². The van der Waals surface area contributed by atoms with Crippen LogP contribution in [0.1, 0.15) is 29.5 Å². The first-order chi connectivity index (χ1) is 8.43. The first kappa shape index (κ1) is 9.58. The molecule has 1 aromatic carbocycles. The van der Waals surface area contributed by atoms with Gasteiger partial charge in [-0.15, -0.1) is 0 Å². The van der Waals surface area contributed by atoms with Crippen molar-refractivity contribution in [3.05, 3.63) is 28.8 Å². The van der Waals surface area contributed by atoms with E-state index >= 15 is 0 Å². The van der Waals surface area contributed by atoms with Crippen molar-refractivity contribution in [3.8, 4) is 5.75 Å². The standard InChI is InChI=1S/C15H17NO/c1-4-11-10-12-5-3-9-17-15(12)13-6-2-8-16(7-1)14(11)13/h3,5,10H,1-2,4,6-9H2. The van der Waals surface area contributed by atoms with Crippen molar-refractivity contribution >= 4 is 11.8 Å². The molecule has 0 saturated heterocycles. The van der Waals surface area contributed by atoms with E-state index in [2.05, 4.69) is 23.1 Å². The third-order valence-corrected chi connectivity index (χ3v) is 4.12. The van der Waals surface area contributed by atoms with Gasteiger partial charge in [0.25, 0.3) is 0 Å². The number of benzene rings is 1. The Morgan fingerprint density at radius 1 is 1.12 bits per heavy atom. The van der Waals surface area contributed by atoms with Gasteiger partial charge in [-0.25, -0.2) is 0 Å². The molecule has 3 aliphatic heterocycles. The van der Waals surface area contributed by atoms with E-state index in [1.54, 1.807) is 5.56 Å². The third-order valence-electron chi connectivity index (χ3n) is 4.12. The van der Waals surface area contributed by atoms with Crippen LogP contribution in [0.25, 0.3) is 6.08 Å². The normalized spacial score (nSPS) is 20.6. The van der Waals surface area contributed by atoms with Crippen molar-refractivity contribution in [3.63, 3.8) is 0 Å². The summed E-state index contributed by atoms with van der Waals surface area (Å²) in [7, 11) is 0. The van der Waals surface area contributed by atoms with Crippen molar-refractivity contribution in [2.24, 2.45) is 0 Å². The summed E-state index contributed by atoms with van der Waals surface area (Å²) in [6, 6.07) is 2.35. The zero-order chi connectivity index (χ0) is 11.2. The number of hydrogen-bond acceptors (Lipinski definition) is 2. The summed E-state index contributed by atoms with van der Waals surface area (Å²) in [5.74, 6) is 1.16. The molecule has 0 saturated carbocycles. The van der Waals surface area contributed by atoms with Crippen LogP contribution >= 0.6 is 0 Å². The van der Waals surface area contributed by atoms with E-state index in [1.807, 2.05) is 0 Å². The average molecular weight is 227 g/mol. The van der Waals surface area contributed by atoms with Gasteiger partial charge in [0.05, 0.1) is 0 Å². The molecule has 17 heavy (non-hydrogen) atoms. The summed E-state index contributed by atoms with van der Waals surface area (Å²) in [6.07, 6.45) is 9.34. The second kappa shape index (κ2) is 3.52. The lowest BCUT2D eigenvalue weighted by atomic mass is 9.88. The van der Waals surface area contributed by atoms with Crippen LogP contribution in [0.15, 0.2) is 12.1 Å². The lowest BCUT2D eigenvalue weighted by molar-refractivity contribution is 0.352. The maximum atomic E-state index is 5.88. The topological polar surface area (TPSA) is 12.5 Å². The van der Waals surface area contributed by atoms with Gasteiger partial charge in [-0.3, -0.25) is 0 Å². The van der Waals surface area contributed by atoms with E-state index in [9.17, 15) is 0 Å². The van der Waals surface area contributed by atoms with Gasteiger partial charge in [-0.05, 0) is 43.4 Å². The molecule has 0 aliphatic carbocycles. The molecule has 0 unspecified atom stereocenters. The Hall–Kier alpha value is -1.44. The van der Waals surface area contributed by atoms with E-state index in [1.165, 1.54) is 55.6 Å². The van der Waals surface area contributed by atoms with Crippen LogP contribution < -0.4 is 9.64 Å². The fourth-order valence-corrected chi connectivity index (χ4v) is 3.46. The van der Waals surface area contributed by atoms with Gasteiger partial charge in [-0.1, -0.05) is 6.08 Å². The Balaban J connectivity index is 1.99. The van der Waals surface area contributed by atoms with Crippen LogP contribution in [0.3, 0.4) is 0 Å². The molecule has 4 rings (SSSR count). The number of ether oxygens (including phenoxy) is 1. The number of anilines is 1. The summed E-state index contributed by atoms with van der Waals surface area (Å²) >= 11 is 0. The van der Waals surface area contributed by atoms with Gasteiger partial charge >= 0.3 is 0 Å². The summed E-state index contributed by atoms with van der Waals surface area (Å²) in [5, 5.41) is 0. The van der Waals surface area contributed by atoms with Gasteiger partial charge in [0.1, 0.15) is 12.4 Å². The molecular formula is C15H17NO. The molecule has 2 nitrogen and oxygen atoms in total. The second-order valence-corrected chi connectivity index (χ2v) is 5.19. The molecule has 0 amide bonds. The van der Waals surface area contributed by atoms with Crippen LogP contribution in [0.2, 0.25) is 0 Å². The molecule has 2 heteroatoms. The fraction of sp³-hybridized carbons (Fsp3) is 0.467. The number of rotatable bonds is 0. The van der Waals surface area contributed by atoms with Crippen LogP contribution in [0.5, 0.6) is 5.75 Å². The van der Waals surface area contributed by atoms with E-state index in [-0.39, 0.29) is 0 Å². The number of nitrogens with zero attached hydrogens (tertiary/aromatic N) is 1. The lowest BCUT2D eigenvalue weighted by Crippen LogP contribution is -2.35. The van der Waals surface area contributed by atoms with Crippen molar-refractivity contribution in [2.45, 2.75) is 25.7 Å². The van der Waals surface area contributed by atoms with Crippen molar-refractivity contribution in [2.75, 3.05) is 24.6 Å². The van der Waals surface area contributed by atoms with Crippen LogP contribution in [-0.4, -0.2) is 19.7 Å². The Morgan fingerprint density at radius 2 is 2.00 bits per heavy atom. The highest BCUT2D eigenvalue weighted by Gasteiger charge is 2.28. The third kappa shape index (κ3) is 1.33. The smallest absolute Gasteiger partial charge is 0.132 e. The van der Waals surface area contributed by atoms with Gasteiger partial charge < -0.3 is 9.64 Å². The van der Waals surface area contributed by atoms with Crippen molar-refractivity contribution in [1.29, 1.82) is 0 Å². The minimum atomic E-state index is 0.735. The summed E-state index contributed by atoms with van der Waals surface area (Å²) in [5.41, 5.74) is 5.83. The zero-order valence-corrected chi connectivity index (χ0v) is 10.0. The summed E-state index contributed by atoms with van der Waals surface area (Å²) in [6.45, 7) is 3.20. The van der Waals surface area contributed by atoms with E-state index in [4.69, 9.17) is 4.74 Å². The van der Waals surface area contributed by atoms with Crippen LogP contribution in [-0.2, 0) is 12.8 Å². The van der Waals surface area contributed by atoms with Gasteiger partial charge in [-0.2, -0.15) is 0 Å². The minimum Gasteiger partial charge on any atom is -0.489 e. The molecule has 0 fully saturated rings.